The van der Waals surface area contributed by atoms with Gasteiger partial charge < -0.3 is 10.1 Å². The van der Waals surface area contributed by atoms with E-state index in [9.17, 15) is 9.59 Å². The smallest absolute Gasteiger partial charge is 0.256 e. The zero-order chi connectivity index (χ0) is 26.2. The maximum absolute atomic E-state index is 13.8. The van der Waals surface area contributed by atoms with E-state index >= 15 is 0 Å². The predicted molar refractivity (Wildman–Crippen MR) is 153 cm³/mol. The molecule has 1 aliphatic heterocycles. The molecule has 2 heterocycles. The molecule has 0 radical (unpaired) electrons. The molecule has 2 aliphatic rings. The van der Waals surface area contributed by atoms with Gasteiger partial charge in [-0.15, -0.1) is 0 Å². The molecule has 1 unspecified atom stereocenters. The van der Waals surface area contributed by atoms with E-state index in [1.165, 1.54) is 11.3 Å². The minimum atomic E-state index is -0.512. The Hall–Kier alpha value is -3.75. The molecule has 4 aromatic rings. The Morgan fingerprint density at radius 2 is 1.87 bits per heavy atom. The monoisotopic (exact) mass is 585 g/mol. The first-order valence-electron chi connectivity index (χ1n) is 12.4. The van der Waals surface area contributed by atoms with Gasteiger partial charge in [0, 0.05) is 39.4 Å². The third-order valence-electron chi connectivity index (χ3n) is 6.76. The second-order valence-corrected chi connectivity index (χ2v) is 11.3. The van der Waals surface area contributed by atoms with Gasteiger partial charge in [0.1, 0.15) is 11.5 Å². The summed E-state index contributed by atoms with van der Waals surface area (Å²) in [4.78, 5) is 31.7. The molecule has 2 N–H and O–H groups in total. The Morgan fingerprint density at radius 3 is 2.71 bits per heavy atom. The van der Waals surface area contributed by atoms with Crippen molar-refractivity contribution in [2.75, 3.05) is 5.32 Å². The molecule has 0 fully saturated rings. The Kier molecular flexibility index (Phi) is 6.59. The summed E-state index contributed by atoms with van der Waals surface area (Å²) < 4.78 is 8.01. The van der Waals surface area contributed by atoms with Crippen LogP contribution in [0.2, 0.25) is 0 Å². The molecular formula is C30H24BrN3O3S. The fourth-order valence-electron chi connectivity index (χ4n) is 5.12. The van der Waals surface area contributed by atoms with Crippen molar-refractivity contribution >= 4 is 54.3 Å². The fourth-order valence-corrected chi connectivity index (χ4v) is 6.53. The predicted octanol–water partition coefficient (Wildman–Crippen LogP) is 7.46. The van der Waals surface area contributed by atoms with Gasteiger partial charge in [-0.05, 0) is 67.8 Å². The molecule has 6 nitrogen and oxygen atoms in total. The first kappa shape index (κ1) is 24.6. The summed E-state index contributed by atoms with van der Waals surface area (Å²) in [5, 5.41) is 6.89. The van der Waals surface area contributed by atoms with Crippen LogP contribution in [0.15, 0.2) is 99.8 Å². The summed E-state index contributed by atoms with van der Waals surface area (Å²) in [5.74, 6) is 0.641. The summed E-state index contributed by atoms with van der Waals surface area (Å²) >= 11 is 4.90. The average Bonchev–Trinajstić information content (AvgIpc) is 3.30. The molecule has 1 amide bonds. The van der Waals surface area contributed by atoms with Crippen molar-refractivity contribution in [2.45, 2.75) is 32.1 Å². The van der Waals surface area contributed by atoms with Gasteiger partial charge in [-0.2, -0.15) is 0 Å². The summed E-state index contributed by atoms with van der Waals surface area (Å²) in [6.07, 6.45) is 2.04. The van der Waals surface area contributed by atoms with Gasteiger partial charge in [-0.25, -0.2) is 4.98 Å². The fraction of sp³-hybridized carbons (Fsp3) is 0.167. The van der Waals surface area contributed by atoms with E-state index in [1.54, 1.807) is 0 Å². The van der Waals surface area contributed by atoms with E-state index in [1.807, 2.05) is 79.7 Å². The van der Waals surface area contributed by atoms with Crippen molar-refractivity contribution in [3.05, 3.63) is 105 Å². The number of hydrogen-bond donors (Lipinski definition) is 2. The first-order valence-corrected chi connectivity index (χ1v) is 14.0. The Labute approximate surface area is 232 Å². The number of carbonyl (C=O) groups is 2. The highest BCUT2D eigenvalue weighted by Crippen LogP contribution is 2.43. The van der Waals surface area contributed by atoms with Crippen LogP contribution in [0.3, 0.4) is 0 Å². The molecule has 1 aliphatic carbocycles. The maximum atomic E-state index is 13.8. The van der Waals surface area contributed by atoms with Crippen molar-refractivity contribution in [1.29, 1.82) is 0 Å². The van der Waals surface area contributed by atoms with Crippen molar-refractivity contribution in [3.63, 3.8) is 0 Å². The van der Waals surface area contributed by atoms with E-state index in [-0.39, 0.29) is 11.7 Å². The molecular weight excluding hydrogens is 562 g/mol. The van der Waals surface area contributed by atoms with Gasteiger partial charge in [-0.3, -0.25) is 14.9 Å². The van der Waals surface area contributed by atoms with Crippen molar-refractivity contribution in [1.82, 2.24) is 10.3 Å². The quantitative estimate of drug-likeness (QED) is 0.254. The molecule has 6 rings (SSSR count). The van der Waals surface area contributed by atoms with Crippen LogP contribution < -0.4 is 15.4 Å². The largest absolute Gasteiger partial charge is 0.457 e. The average molecular weight is 587 g/mol. The summed E-state index contributed by atoms with van der Waals surface area (Å²) in [7, 11) is 0. The van der Waals surface area contributed by atoms with Crippen LogP contribution in [0.4, 0.5) is 5.13 Å². The number of Topliss-reactive ketones (excluding diaryl/α,β-unsaturated/α-hetero) is 1. The number of ether oxygens (including phenoxy) is 1. The number of fused-ring (bicyclic) bond motifs is 1. The van der Waals surface area contributed by atoms with Crippen molar-refractivity contribution < 1.29 is 14.3 Å². The summed E-state index contributed by atoms with van der Waals surface area (Å²) in [6, 6.07) is 23.0. The minimum absolute atomic E-state index is 0.0702. The first-order chi connectivity index (χ1) is 18.5. The lowest BCUT2D eigenvalue weighted by molar-refractivity contribution is -0.116. The number of nitrogens with one attached hydrogen (secondary N) is 2. The third-order valence-corrected chi connectivity index (χ3v) is 8.19. The van der Waals surface area contributed by atoms with E-state index in [0.717, 1.165) is 50.2 Å². The number of nitrogens with zero attached hydrogens (tertiary/aromatic N) is 1. The van der Waals surface area contributed by atoms with E-state index < -0.39 is 5.92 Å². The number of amides is 1. The maximum Gasteiger partial charge on any atom is 0.256 e. The van der Waals surface area contributed by atoms with E-state index in [2.05, 4.69) is 31.5 Å². The number of ketones is 1. The molecule has 0 saturated heterocycles. The second kappa shape index (κ2) is 10.2. The lowest BCUT2D eigenvalue weighted by atomic mass is 9.75. The number of carbonyl (C=O) groups excluding carboxylic acids is 2. The number of para-hydroxylation sites is 1. The molecule has 1 atom stereocenters. The number of rotatable bonds is 5. The van der Waals surface area contributed by atoms with Gasteiger partial charge >= 0.3 is 0 Å². The number of dihydropyridines is 1. The van der Waals surface area contributed by atoms with Gasteiger partial charge in [0.15, 0.2) is 10.9 Å². The minimum Gasteiger partial charge on any atom is -0.457 e. The zero-order valence-corrected chi connectivity index (χ0v) is 23.0. The SMILES string of the molecule is CC1=C(C(=O)Nc2nc3ccc(Br)cc3s2)C(c2cccc(Oc3ccccc3)c2)C2=C(CCCC2=O)N1. The number of thiazole rings is 1. The van der Waals surface area contributed by atoms with Crippen LogP contribution in [-0.4, -0.2) is 16.7 Å². The molecule has 0 spiro atoms. The topological polar surface area (TPSA) is 80.3 Å². The molecule has 8 heteroatoms. The molecule has 38 heavy (non-hydrogen) atoms. The molecule has 190 valence electrons. The van der Waals surface area contributed by atoms with Crippen LogP contribution in [-0.2, 0) is 9.59 Å². The zero-order valence-electron chi connectivity index (χ0n) is 20.6. The van der Waals surface area contributed by atoms with Crippen LogP contribution >= 0.6 is 27.3 Å². The van der Waals surface area contributed by atoms with E-state index in [0.29, 0.717) is 28.4 Å². The van der Waals surface area contributed by atoms with E-state index in [4.69, 9.17) is 4.74 Å². The molecule has 0 bridgehead atoms. The molecule has 0 saturated carbocycles. The van der Waals surface area contributed by atoms with Gasteiger partial charge in [-0.1, -0.05) is 57.6 Å². The van der Waals surface area contributed by atoms with Gasteiger partial charge in [0.05, 0.1) is 10.2 Å². The number of benzene rings is 3. The van der Waals surface area contributed by atoms with Crippen molar-refractivity contribution in [3.8, 4) is 11.5 Å². The van der Waals surface area contributed by atoms with Crippen LogP contribution in [0.1, 0.15) is 37.7 Å². The highest BCUT2D eigenvalue weighted by atomic mass is 79.9. The number of hydrogen-bond acceptors (Lipinski definition) is 6. The van der Waals surface area contributed by atoms with Crippen LogP contribution in [0.25, 0.3) is 10.2 Å². The second-order valence-electron chi connectivity index (χ2n) is 9.34. The summed E-state index contributed by atoms with van der Waals surface area (Å²) in [5.41, 5.74) is 4.46. The Balaban J connectivity index is 1.39. The Bertz CT molecular complexity index is 1640. The Morgan fingerprint density at radius 1 is 1.05 bits per heavy atom. The highest BCUT2D eigenvalue weighted by molar-refractivity contribution is 9.10. The van der Waals surface area contributed by atoms with Crippen LogP contribution in [0, 0.1) is 0 Å². The highest BCUT2D eigenvalue weighted by Gasteiger charge is 2.38. The lowest BCUT2D eigenvalue weighted by Crippen LogP contribution is -2.35. The number of allylic oxidation sites excluding steroid dienone is 3. The molecule has 3 aromatic carbocycles. The van der Waals surface area contributed by atoms with Gasteiger partial charge in [0.2, 0.25) is 0 Å². The lowest BCUT2D eigenvalue weighted by Gasteiger charge is -2.34. The van der Waals surface area contributed by atoms with Gasteiger partial charge in [0.25, 0.3) is 5.91 Å². The number of aromatic nitrogens is 1. The van der Waals surface area contributed by atoms with Crippen molar-refractivity contribution in [2.24, 2.45) is 0 Å². The van der Waals surface area contributed by atoms with Crippen LogP contribution in [0.5, 0.6) is 11.5 Å². The third kappa shape index (κ3) is 4.77. The standard InChI is InChI=1S/C30H24BrN3O3S/c1-17-26(29(36)34-30-33-22-14-13-19(31)16-25(22)38-30)27(28-23(32-17)11-6-12-24(28)35)18-7-5-10-21(15-18)37-20-8-3-2-4-9-20/h2-5,7-10,13-16,27,32H,6,11-12H2,1H3,(H,33,34,36). The number of anilines is 1. The number of halogens is 1. The normalized spacial score (nSPS) is 17.3. The summed E-state index contributed by atoms with van der Waals surface area (Å²) in [6.45, 7) is 1.89. The molecule has 1 aromatic heterocycles.